The molecule has 0 saturated carbocycles. The van der Waals surface area contributed by atoms with Crippen molar-refractivity contribution in [3.63, 3.8) is 0 Å². The average Bonchev–Trinajstić information content (AvgIpc) is 2.87. The fourth-order valence-corrected chi connectivity index (χ4v) is 1.42. The van der Waals surface area contributed by atoms with Crippen molar-refractivity contribution in [2.45, 2.75) is 19.9 Å². The molecule has 2 aromatic rings. The topological polar surface area (TPSA) is 55.9 Å². The smallest absolute Gasteiger partial charge is 0.322 e. The first-order chi connectivity index (χ1) is 7.79. The van der Waals surface area contributed by atoms with Crippen LogP contribution < -0.4 is 5.32 Å². The van der Waals surface area contributed by atoms with Gasteiger partial charge in [0.1, 0.15) is 6.26 Å². The summed E-state index contributed by atoms with van der Waals surface area (Å²) in [5.41, 5.74) is 0.857. The Morgan fingerprint density at radius 1 is 1.56 bits per heavy atom. The number of nitrogens with one attached hydrogen (secondary N) is 1. The van der Waals surface area contributed by atoms with Gasteiger partial charge in [-0.3, -0.25) is 0 Å². The molecular formula is C10H13ClN4O. The van der Waals surface area contributed by atoms with Crippen molar-refractivity contribution in [3.05, 3.63) is 29.4 Å². The van der Waals surface area contributed by atoms with E-state index in [1.165, 1.54) is 4.68 Å². The Balaban J connectivity index is 2.02. The SMILES string of the molecule is CCCNCc1coc(-n2cc(Cl)cn2)n1. The summed E-state index contributed by atoms with van der Waals surface area (Å²) in [7, 11) is 0. The number of aromatic nitrogens is 3. The molecule has 2 heterocycles. The number of halogens is 1. The van der Waals surface area contributed by atoms with Crippen LogP contribution in [0.5, 0.6) is 0 Å². The minimum Gasteiger partial charge on any atom is -0.430 e. The minimum atomic E-state index is 0.431. The van der Waals surface area contributed by atoms with Crippen LogP contribution in [0.15, 0.2) is 23.1 Å². The quantitative estimate of drug-likeness (QED) is 0.813. The molecule has 5 nitrogen and oxygen atoms in total. The second-order valence-electron chi connectivity index (χ2n) is 3.40. The van der Waals surface area contributed by atoms with Gasteiger partial charge in [0.05, 0.1) is 23.1 Å². The third kappa shape index (κ3) is 2.62. The molecule has 6 heteroatoms. The lowest BCUT2D eigenvalue weighted by atomic mass is 10.4. The van der Waals surface area contributed by atoms with Gasteiger partial charge in [-0.2, -0.15) is 14.8 Å². The lowest BCUT2D eigenvalue weighted by Gasteiger charge is -1.96. The third-order valence-corrected chi connectivity index (χ3v) is 2.21. The van der Waals surface area contributed by atoms with Crippen molar-refractivity contribution in [1.29, 1.82) is 0 Å². The molecule has 0 unspecified atom stereocenters. The molecule has 0 aliphatic rings. The van der Waals surface area contributed by atoms with E-state index >= 15 is 0 Å². The predicted octanol–water partition coefficient (Wildman–Crippen LogP) is 2.01. The molecule has 0 aromatic carbocycles. The van der Waals surface area contributed by atoms with Crippen molar-refractivity contribution < 1.29 is 4.42 Å². The Kier molecular flexibility index (Phi) is 3.58. The number of nitrogens with zero attached hydrogens (tertiary/aromatic N) is 3. The Bertz CT molecular complexity index is 451. The summed E-state index contributed by atoms with van der Waals surface area (Å²) in [6.45, 7) is 3.79. The van der Waals surface area contributed by atoms with Gasteiger partial charge >= 0.3 is 6.01 Å². The number of hydrogen-bond donors (Lipinski definition) is 1. The molecule has 0 saturated heterocycles. The molecule has 86 valence electrons. The molecule has 0 radical (unpaired) electrons. The van der Waals surface area contributed by atoms with E-state index in [1.54, 1.807) is 18.7 Å². The van der Waals surface area contributed by atoms with Gasteiger partial charge < -0.3 is 9.73 Å². The van der Waals surface area contributed by atoms with Crippen LogP contribution in [-0.4, -0.2) is 21.3 Å². The van der Waals surface area contributed by atoms with E-state index < -0.39 is 0 Å². The van der Waals surface area contributed by atoms with Crippen LogP contribution in [0.4, 0.5) is 0 Å². The first kappa shape index (κ1) is 11.2. The van der Waals surface area contributed by atoms with Crippen molar-refractivity contribution >= 4 is 11.6 Å². The van der Waals surface area contributed by atoms with Crippen molar-refractivity contribution in [1.82, 2.24) is 20.1 Å². The van der Waals surface area contributed by atoms with E-state index in [1.807, 2.05) is 0 Å². The number of rotatable bonds is 5. The molecule has 0 atom stereocenters. The maximum absolute atomic E-state index is 5.75. The van der Waals surface area contributed by atoms with Crippen LogP contribution in [0, 0.1) is 0 Å². The summed E-state index contributed by atoms with van der Waals surface area (Å²) in [5, 5.41) is 7.81. The van der Waals surface area contributed by atoms with Crippen LogP contribution in [-0.2, 0) is 6.54 Å². The first-order valence-corrected chi connectivity index (χ1v) is 5.53. The standard InChI is InChI=1S/C10H13ClN4O/c1-2-3-12-5-9-7-16-10(14-9)15-6-8(11)4-13-15/h4,6-7,12H,2-3,5H2,1H3. The molecule has 0 aliphatic heterocycles. The van der Waals surface area contributed by atoms with E-state index in [-0.39, 0.29) is 0 Å². The van der Waals surface area contributed by atoms with Gasteiger partial charge in [0.2, 0.25) is 0 Å². The van der Waals surface area contributed by atoms with Gasteiger partial charge in [-0.25, -0.2) is 0 Å². The van der Waals surface area contributed by atoms with Crippen LogP contribution in [0.2, 0.25) is 5.02 Å². The summed E-state index contributed by atoms with van der Waals surface area (Å²) in [6.07, 6.45) is 5.91. The highest BCUT2D eigenvalue weighted by Crippen LogP contribution is 2.11. The molecule has 0 fully saturated rings. The Hall–Kier alpha value is -1.33. The normalized spacial score (nSPS) is 10.9. The van der Waals surface area contributed by atoms with Gasteiger partial charge in [-0.1, -0.05) is 18.5 Å². The zero-order valence-corrected chi connectivity index (χ0v) is 9.74. The van der Waals surface area contributed by atoms with Gasteiger partial charge in [0.25, 0.3) is 0 Å². The monoisotopic (exact) mass is 240 g/mol. The van der Waals surface area contributed by atoms with E-state index in [9.17, 15) is 0 Å². The molecule has 2 rings (SSSR count). The largest absolute Gasteiger partial charge is 0.430 e. The molecule has 0 spiro atoms. The summed E-state index contributed by atoms with van der Waals surface area (Å²) in [5.74, 6) is 0. The fraction of sp³-hybridized carbons (Fsp3) is 0.400. The van der Waals surface area contributed by atoms with Gasteiger partial charge in [0, 0.05) is 6.54 Å². The Labute approximate surface area is 98.4 Å². The van der Waals surface area contributed by atoms with Gasteiger partial charge in [-0.15, -0.1) is 0 Å². The van der Waals surface area contributed by atoms with E-state index in [2.05, 4.69) is 22.3 Å². The van der Waals surface area contributed by atoms with Crippen molar-refractivity contribution in [3.8, 4) is 6.01 Å². The molecule has 16 heavy (non-hydrogen) atoms. The predicted molar refractivity (Wildman–Crippen MR) is 60.6 cm³/mol. The zero-order chi connectivity index (χ0) is 11.4. The van der Waals surface area contributed by atoms with Gasteiger partial charge in [0.15, 0.2) is 0 Å². The van der Waals surface area contributed by atoms with Crippen LogP contribution >= 0.6 is 11.6 Å². The van der Waals surface area contributed by atoms with Crippen LogP contribution in [0.1, 0.15) is 19.0 Å². The van der Waals surface area contributed by atoms with E-state index in [0.717, 1.165) is 18.7 Å². The third-order valence-electron chi connectivity index (χ3n) is 2.02. The lowest BCUT2D eigenvalue weighted by Crippen LogP contribution is -2.14. The second kappa shape index (κ2) is 5.14. The molecule has 1 N–H and O–H groups in total. The molecule has 0 bridgehead atoms. The summed E-state index contributed by atoms with van der Waals surface area (Å²) >= 11 is 5.75. The summed E-state index contributed by atoms with van der Waals surface area (Å²) in [6, 6.07) is 0.431. The summed E-state index contributed by atoms with van der Waals surface area (Å²) < 4.78 is 6.79. The Morgan fingerprint density at radius 3 is 3.12 bits per heavy atom. The second-order valence-corrected chi connectivity index (χ2v) is 3.84. The molecule has 0 aliphatic carbocycles. The maximum Gasteiger partial charge on any atom is 0.322 e. The van der Waals surface area contributed by atoms with E-state index in [4.69, 9.17) is 16.0 Å². The van der Waals surface area contributed by atoms with Crippen molar-refractivity contribution in [2.24, 2.45) is 0 Å². The lowest BCUT2D eigenvalue weighted by molar-refractivity contribution is 0.509. The summed E-state index contributed by atoms with van der Waals surface area (Å²) in [4.78, 5) is 4.28. The fourth-order valence-electron chi connectivity index (χ4n) is 1.28. The molecular weight excluding hydrogens is 228 g/mol. The van der Waals surface area contributed by atoms with Crippen LogP contribution in [0.3, 0.4) is 0 Å². The zero-order valence-electron chi connectivity index (χ0n) is 8.98. The highest BCUT2D eigenvalue weighted by molar-refractivity contribution is 6.30. The molecule has 0 amide bonds. The van der Waals surface area contributed by atoms with Crippen molar-refractivity contribution in [2.75, 3.05) is 6.54 Å². The number of oxazole rings is 1. The minimum absolute atomic E-state index is 0.431. The highest BCUT2D eigenvalue weighted by Gasteiger charge is 2.06. The van der Waals surface area contributed by atoms with E-state index in [0.29, 0.717) is 17.6 Å². The highest BCUT2D eigenvalue weighted by atomic mass is 35.5. The van der Waals surface area contributed by atoms with Gasteiger partial charge in [-0.05, 0) is 13.0 Å². The Morgan fingerprint density at radius 2 is 2.44 bits per heavy atom. The first-order valence-electron chi connectivity index (χ1n) is 5.15. The van der Waals surface area contributed by atoms with Crippen LogP contribution in [0.25, 0.3) is 6.01 Å². The average molecular weight is 241 g/mol. The maximum atomic E-state index is 5.75. The number of hydrogen-bond acceptors (Lipinski definition) is 4. The molecule has 2 aromatic heterocycles.